The van der Waals surface area contributed by atoms with E-state index in [1.54, 1.807) is 0 Å². The normalized spacial score (nSPS) is 17.1. The number of hydrogen-bond donors (Lipinski definition) is 3. The molecule has 0 aromatic heterocycles. The highest BCUT2D eigenvalue weighted by molar-refractivity contribution is 8.41. The van der Waals surface area contributed by atoms with Crippen LogP contribution in [0.15, 0.2) is 40.4 Å². The van der Waals surface area contributed by atoms with Gasteiger partial charge in [-0.3, -0.25) is 14.9 Å². The maximum Gasteiger partial charge on any atom is 0.354 e. The van der Waals surface area contributed by atoms with Crippen LogP contribution in [0.25, 0.3) is 0 Å². The fraction of sp³-hybridized carbons (Fsp3) is 0.286. The van der Waals surface area contributed by atoms with Gasteiger partial charge in [-0.1, -0.05) is 0 Å². The summed E-state index contributed by atoms with van der Waals surface area (Å²) in [5, 5.41) is 15.8. The summed E-state index contributed by atoms with van der Waals surface area (Å²) in [5.41, 5.74) is -0.292. The molecule has 2 heterocycles. The van der Waals surface area contributed by atoms with E-state index in [4.69, 9.17) is 17.8 Å². The van der Waals surface area contributed by atoms with Crippen LogP contribution >= 0.6 is 10.6 Å². The standard InChI is InChI=1S/C21H24N4O9S/c1-25(2)8-7-22-20(30)13-11-35(33-17(27)5-6-18(28)34-35)21(23-13)24-19(29)12-9-16(32-4)14(26)10-15(12)31-3/h5-6,9-11,26H,7-8H2,1-4H3,(H,22,30)(H,23,24,29). The van der Waals surface area contributed by atoms with Crippen molar-refractivity contribution in [2.75, 3.05) is 41.4 Å². The first-order valence-corrected chi connectivity index (χ1v) is 11.6. The Morgan fingerprint density at radius 1 is 1.06 bits per heavy atom. The number of aliphatic imine (C=N–C) groups is 1. The average Bonchev–Trinajstić information content (AvgIpc) is 3.05. The predicted molar refractivity (Wildman–Crippen MR) is 125 cm³/mol. The molecule has 0 saturated carbocycles. The Balaban J connectivity index is 1.96. The number of likely N-dealkylation sites (N-methyl/N-ethyl adjacent to an activating group) is 1. The number of nitrogens with zero attached hydrogens (tertiary/aromatic N) is 2. The summed E-state index contributed by atoms with van der Waals surface area (Å²) < 4.78 is 20.9. The molecule has 13 nitrogen and oxygen atoms in total. The van der Waals surface area contributed by atoms with Crippen LogP contribution in [0.1, 0.15) is 10.4 Å². The van der Waals surface area contributed by atoms with E-state index in [-0.39, 0.29) is 40.2 Å². The van der Waals surface area contributed by atoms with Crippen molar-refractivity contribution in [3.05, 3.63) is 41.0 Å². The lowest BCUT2D eigenvalue weighted by molar-refractivity contribution is -0.129. The monoisotopic (exact) mass is 508 g/mol. The third-order valence-corrected chi connectivity index (χ3v) is 6.66. The van der Waals surface area contributed by atoms with Gasteiger partial charge in [0.2, 0.25) is 5.17 Å². The van der Waals surface area contributed by atoms with Crippen molar-refractivity contribution in [2.24, 2.45) is 4.99 Å². The third kappa shape index (κ3) is 5.73. The molecule has 0 unspecified atom stereocenters. The molecule has 0 aliphatic carbocycles. The van der Waals surface area contributed by atoms with Crippen molar-refractivity contribution >= 4 is 39.5 Å². The van der Waals surface area contributed by atoms with Gasteiger partial charge < -0.3 is 33.2 Å². The summed E-state index contributed by atoms with van der Waals surface area (Å²) in [5.74, 6) is -3.59. The SMILES string of the molecule is COc1cc(C(=O)NC2=NC(C(=O)NCCN(C)C)=CS23OC(=O)C=CC(=O)O3)c(OC)cc1O. The van der Waals surface area contributed by atoms with Gasteiger partial charge in [0, 0.05) is 37.4 Å². The number of carbonyl (C=O) groups is 4. The third-order valence-electron chi connectivity index (χ3n) is 4.57. The molecule has 0 saturated heterocycles. The molecule has 3 rings (SSSR count). The molecule has 14 heteroatoms. The second-order valence-electron chi connectivity index (χ2n) is 7.34. The minimum atomic E-state index is -3.42. The highest BCUT2D eigenvalue weighted by Crippen LogP contribution is 2.58. The molecule has 35 heavy (non-hydrogen) atoms. The van der Waals surface area contributed by atoms with Gasteiger partial charge >= 0.3 is 11.9 Å². The van der Waals surface area contributed by atoms with Gasteiger partial charge in [0.05, 0.1) is 25.2 Å². The highest BCUT2D eigenvalue weighted by Gasteiger charge is 2.42. The van der Waals surface area contributed by atoms with Crippen LogP contribution in [0, 0.1) is 0 Å². The zero-order chi connectivity index (χ0) is 25.8. The van der Waals surface area contributed by atoms with Crippen LogP contribution in [0.5, 0.6) is 17.2 Å². The minimum Gasteiger partial charge on any atom is -0.504 e. The number of phenolic OH excluding ortho intramolecular Hbond substituents is 1. The number of nitrogens with one attached hydrogen (secondary N) is 2. The highest BCUT2D eigenvalue weighted by atomic mass is 32.3. The average molecular weight is 509 g/mol. The maximum atomic E-state index is 13.1. The quantitative estimate of drug-likeness (QED) is 0.467. The largest absolute Gasteiger partial charge is 0.504 e. The molecule has 2 amide bonds. The van der Waals surface area contributed by atoms with E-state index in [1.165, 1.54) is 26.4 Å². The molecule has 1 aromatic carbocycles. The maximum absolute atomic E-state index is 13.1. The number of carbonyl (C=O) groups excluding carboxylic acids is 4. The molecule has 2 aliphatic heterocycles. The van der Waals surface area contributed by atoms with Crippen molar-refractivity contribution in [2.45, 2.75) is 0 Å². The first-order valence-electron chi connectivity index (χ1n) is 10.1. The number of ether oxygens (including phenoxy) is 2. The van der Waals surface area contributed by atoms with Crippen molar-refractivity contribution < 1.29 is 42.1 Å². The van der Waals surface area contributed by atoms with Crippen molar-refractivity contribution in [1.29, 1.82) is 0 Å². The Morgan fingerprint density at radius 2 is 1.69 bits per heavy atom. The Labute approximate surface area is 202 Å². The van der Waals surface area contributed by atoms with Gasteiger partial charge in [-0.25, -0.2) is 14.6 Å². The number of phenols is 1. The first kappa shape index (κ1) is 25.6. The minimum absolute atomic E-state index is 0.00502. The second-order valence-corrected chi connectivity index (χ2v) is 9.39. The first-order chi connectivity index (χ1) is 16.6. The molecule has 1 spiro atoms. The number of benzene rings is 1. The molecule has 1 aromatic rings. The summed E-state index contributed by atoms with van der Waals surface area (Å²) in [6.07, 6.45) is 1.72. The molecule has 0 atom stereocenters. The van der Waals surface area contributed by atoms with Gasteiger partial charge in [0.25, 0.3) is 11.8 Å². The number of methoxy groups -OCH3 is 2. The molecule has 2 aliphatic rings. The van der Waals surface area contributed by atoms with E-state index in [1.807, 2.05) is 19.0 Å². The van der Waals surface area contributed by atoms with E-state index >= 15 is 0 Å². The predicted octanol–water partition coefficient (Wildman–Crippen LogP) is 0.319. The number of amidine groups is 1. The van der Waals surface area contributed by atoms with Gasteiger partial charge in [0.15, 0.2) is 11.5 Å². The Morgan fingerprint density at radius 3 is 2.26 bits per heavy atom. The molecule has 188 valence electrons. The van der Waals surface area contributed by atoms with Crippen LogP contribution in [-0.4, -0.2) is 80.3 Å². The summed E-state index contributed by atoms with van der Waals surface area (Å²) in [7, 11) is 2.83. The molecule has 3 N–H and O–H groups in total. The lowest BCUT2D eigenvalue weighted by Gasteiger charge is -2.34. The van der Waals surface area contributed by atoms with Gasteiger partial charge in [-0.05, 0) is 24.7 Å². The fourth-order valence-electron chi connectivity index (χ4n) is 2.89. The summed E-state index contributed by atoms with van der Waals surface area (Å²) in [6.45, 7) is 0.828. The van der Waals surface area contributed by atoms with Crippen LogP contribution in [-0.2, 0) is 22.7 Å². The number of amides is 2. The Hall–Kier alpha value is -4.04. The molecule has 0 bridgehead atoms. The van der Waals surface area contributed by atoms with Gasteiger partial charge in [-0.15, -0.1) is 0 Å². The van der Waals surface area contributed by atoms with Crippen LogP contribution in [0.3, 0.4) is 0 Å². The topological polar surface area (TPSA) is 165 Å². The number of hydrogen-bond acceptors (Lipinski definition) is 11. The van der Waals surface area contributed by atoms with Gasteiger partial charge in [-0.2, -0.15) is 0 Å². The van der Waals surface area contributed by atoms with E-state index in [2.05, 4.69) is 15.6 Å². The van der Waals surface area contributed by atoms with Crippen LogP contribution in [0.2, 0.25) is 0 Å². The fourth-order valence-corrected chi connectivity index (χ4v) is 4.81. The second kappa shape index (κ2) is 10.5. The van der Waals surface area contributed by atoms with Crippen LogP contribution in [0.4, 0.5) is 0 Å². The van der Waals surface area contributed by atoms with Crippen molar-refractivity contribution in [3.63, 3.8) is 0 Å². The van der Waals surface area contributed by atoms with Crippen molar-refractivity contribution in [3.8, 4) is 17.2 Å². The lowest BCUT2D eigenvalue weighted by Crippen LogP contribution is -2.35. The Bertz CT molecular complexity index is 1140. The van der Waals surface area contributed by atoms with E-state index in [9.17, 15) is 24.3 Å². The van der Waals surface area contributed by atoms with Gasteiger partial charge in [0.1, 0.15) is 11.4 Å². The molecule has 0 radical (unpaired) electrons. The lowest BCUT2D eigenvalue weighted by atomic mass is 10.1. The Kier molecular flexibility index (Phi) is 7.66. The van der Waals surface area contributed by atoms with Crippen molar-refractivity contribution in [1.82, 2.24) is 15.5 Å². The molecular weight excluding hydrogens is 484 g/mol. The smallest absolute Gasteiger partial charge is 0.354 e. The summed E-state index contributed by atoms with van der Waals surface area (Å²) >= 11 is 0. The summed E-state index contributed by atoms with van der Waals surface area (Å²) in [6, 6.07) is 2.39. The number of aromatic hydroxyl groups is 1. The van der Waals surface area contributed by atoms with E-state index < -0.39 is 34.3 Å². The van der Waals surface area contributed by atoms with Crippen LogP contribution < -0.4 is 20.1 Å². The van der Waals surface area contributed by atoms with E-state index in [0.29, 0.717) is 6.54 Å². The van der Waals surface area contributed by atoms with E-state index in [0.717, 1.165) is 17.6 Å². The zero-order valence-electron chi connectivity index (χ0n) is 19.3. The zero-order valence-corrected chi connectivity index (χ0v) is 20.1. The molecular formula is C21H24N4O9S. The summed E-state index contributed by atoms with van der Waals surface area (Å²) in [4.78, 5) is 56.1. The molecule has 0 fully saturated rings. The number of rotatable bonds is 7.